The number of benzene rings is 2. The molecule has 29 heavy (non-hydrogen) atoms. The van der Waals surface area contributed by atoms with E-state index >= 15 is 0 Å². The molecule has 0 saturated carbocycles. The molecule has 1 aromatic heterocycles. The molecule has 9 nitrogen and oxygen atoms in total. The molecule has 0 aliphatic carbocycles. The zero-order chi connectivity index (χ0) is 21.0. The number of hydrogen-bond donors (Lipinski definition) is 2. The Morgan fingerprint density at radius 3 is 2.52 bits per heavy atom. The van der Waals surface area contributed by atoms with E-state index in [1.807, 2.05) is 30.3 Å². The largest absolute Gasteiger partial charge is 0.374 e. The van der Waals surface area contributed by atoms with E-state index in [9.17, 15) is 18.5 Å². The first-order valence-corrected chi connectivity index (χ1v) is 10.3. The van der Waals surface area contributed by atoms with Gasteiger partial charge in [0.05, 0.1) is 16.4 Å². The zero-order valence-electron chi connectivity index (χ0n) is 15.8. The van der Waals surface area contributed by atoms with Gasteiger partial charge in [-0.15, -0.1) is 0 Å². The summed E-state index contributed by atoms with van der Waals surface area (Å²) in [6, 6.07) is 14.5. The lowest BCUT2D eigenvalue weighted by Gasteiger charge is -2.11. The molecule has 0 saturated heterocycles. The van der Waals surface area contributed by atoms with Crippen molar-refractivity contribution in [3.8, 4) is 11.3 Å². The van der Waals surface area contributed by atoms with Crippen molar-refractivity contribution in [3.63, 3.8) is 0 Å². The van der Waals surface area contributed by atoms with E-state index < -0.39 is 14.9 Å². The second kappa shape index (κ2) is 8.41. The van der Waals surface area contributed by atoms with Gasteiger partial charge in [0.1, 0.15) is 11.4 Å². The first-order chi connectivity index (χ1) is 13.8. The normalized spacial score (nSPS) is 11.6. The Morgan fingerprint density at radius 1 is 1.14 bits per heavy atom. The van der Waals surface area contributed by atoms with Crippen LogP contribution < -0.4 is 10.0 Å². The molecule has 0 aliphatic heterocycles. The topological polar surface area (TPSA) is 127 Å². The van der Waals surface area contributed by atoms with Crippen LogP contribution in [-0.2, 0) is 16.6 Å². The van der Waals surface area contributed by atoms with E-state index in [0.717, 1.165) is 11.6 Å². The Labute approximate surface area is 167 Å². The second-order valence-electron chi connectivity index (χ2n) is 6.61. The lowest BCUT2D eigenvalue weighted by Crippen LogP contribution is -2.30. The van der Waals surface area contributed by atoms with Crippen LogP contribution in [0.5, 0.6) is 0 Å². The van der Waals surface area contributed by atoms with Crippen molar-refractivity contribution in [1.82, 2.24) is 9.88 Å². The Morgan fingerprint density at radius 2 is 1.86 bits per heavy atom. The fourth-order valence-electron chi connectivity index (χ4n) is 2.68. The molecule has 2 N–H and O–H groups in total. The maximum Gasteiger partial charge on any atom is 0.293 e. The third-order valence-electron chi connectivity index (χ3n) is 3.94. The number of nitrogens with one attached hydrogen (secondary N) is 2. The van der Waals surface area contributed by atoms with E-state index in [1.54, 1.807) is 19.9 Å². The molecule has 0 radical (unpaired) electrons. The molecule has 1 heterocycles. The van der Waals surface area contributed by atoms with Crippen molar-refractivity contribution >= 4 is 21.4 Å². The highest BCUT2D eigenvalue weighted by Crippen LogP contribution is 2.28. The highest BCUT2D eigenvalue weighted by atomic mass is 32.2. The molecule has 0 bridgehead atoms. The fraction of sp³-hybridized carbons (Fsp3) is 0.211. The first kappa shape index (κ1) is 20.5. The van der Waals surface area contributed by atoms with E-state index in [1.165, 1.54) is 12.1 Å². The Kier molecular flexibility index (Phi) is 5.95. The van der Waals surface area contributed by atoms with E-state index in [4.69, 9.17) is 4.52 Å². The molecule has 152 valence electrons. The van der Waals surface area contributed by atoms with E-state index in [2.05, 4.69) is 15.2 Å². The van der Waals surface area contributed by atoms with Crippen LogP contribution in [0.15, 0.2) is 64.0 Å². The van der Waals surface area contributed by atoms with Crippen LogP contribution in [0.2, 0.25) is 0 Å². The third kappa shape index (κ3) is 4.98. The van der Waals surface area contributed by atoms with Crippen LogP contribution in [0, 0.1) is 10.1 Å². The van der Waals surface area contributed by atoms with Gasteiger partial charge in [0, 0.05) is 23.7 Å². The lowest BCUT2D eigenvalue weighted by atomic mass is 10.1. The van der Waals surface area contributed by atoms with E-state index in [-0.39, 0.29) is 28.9 Å². The minimum absolute atomic E-state index is 0.170. The summed E-state index contributed by atoms with van der Waals surface area (Å²) in [4.78, 5) is 10.6. The average molecular weight is 416 g/mol. The van der Waals surface area contributed by atoms with Gasteiger partial charge in [0.2, 0.25) is 10.0 Å². The van der Waals surface area contributed by atoms with Crippen LogP contribution >= 0.6 is 0 Å². The van der Waals surface area contributed by atoms with Gasteiger partial charge in [-0.1, -0.05) is 35.5 Å². The van der Waals surface area contributed by atoms with Gasteiger partial charge in [0.25, 0.3) is 5.69 Å². The molecule has 0 amide bonds. The van der Waals surface area contributed by atoms with Crippen LogP contribution in [0.4, 0.5) is 11.4 Å². The fourth-order valence-corrected chi connectivity index (χ4v) is 3.95. The van der Waals surface area contributed by atoms with Crippen LogP contribution in [0.1, 0.15) is 19.5 Å². The number of rotatable bonds is 8. The summed E-state index contributed by atoms with van der Waals surface area (Å²) >= 11 is 0. The second-order valence-corrected chi connectivity index (χ2v) is 8.33. The number of nitrogens with zero attached hydrogens (tertiary/aromatic N) is 2. The molecule has 0 fully saturated rings. The summed E-state index contributed by atoms with van der Waals surface area (Å²) in [5.74, 6) is 0.582. The Hall–Kier alpha value is -3.24. The van der Waals surface area contributed by atoms with Gasteiger partial charge in [-0.3, -0.25) is 10.1 Å². The summed E-state index contributed by atoms with van der Waals surface area (Å²) in [5.41, 5.74) is 1.26. The average Bonchev–Trinajstić information content (AvgIpc) is 3.15. The molecule has 0 unspecified atom stereocenters. The molecular formula is C19H20N4O5S. The minimum Gasteiger partial charge on any atom is -0.374 e. The van der Waals surface area contributed by atoms with E-state index in [0.29, 0.717) is 11.5 Å². The van der Waals surface area contributed by atoms with Gasteiger partial charge in [-0.2, -0.15) is 0 Å². The van der Waals surface area contributed by atoms with Gasteiger partial charge in [-0.25, -0.2) is 13.1 Å². The highest BCUT2D eigenvalue weighted by Gasteiger charge is 2.22. The number of anilines is 1. The van der Waals surface area contributed by atoms with Gasteiger partial charge >= 0.3 is 0 Å². The summed E-state index contributed by atoms with van der Waals surface area (Å²) in [5, 5.41) is 18.3. The lowest BCUT2D eigenvalue weighted by molar-refractivity contribution is -0.384. The van der Waals surface area contributed by atoms with Crippen molar-refractivity contribution in [1.29, 1.82) is 0 Å². The van der Waals surface area contributed by atoms with Gasteiger partial charge in [-0.05, 0) is 26.0 Å². The van der Waals surface area contributed by atoms with Crippen molar-refractivity contribution in [3.05, 3.63) is 70.4 Å². The van der Waals surface area contributed by atoms with Crippen molar-refractivity contribution in [2.75, 3.05) is 5.32 Å². The number of sulfonamides is 1. The maximum atomic E-state index is 12.3. The molecular weight excluding hydrogens is 396 g/mol. The summed E-state index contributed by atoms with van der Waals surface area (Å²) < 4.78 is 32.2. The molecule has 3 rings (SSSR count). The maximum absolute atomic E-state index is 12.3. The summed E-state index contributed by atoms with van der Waals surface area (Å²) in [7, 11) is -3.84. The number of nitro benzene ring substituents is 1. The summed E-state index contributed by atoms with van der Waals surface area (Å²) in [6.45, 7) is 3.51. The van der Waals surface area contributed by atoms with Gasteiger partial charge in [0.15, 0.2) is 5.76 Å². The van der Waals surface area contributed by atoms with Gasteiger partial charge < -0.3 is 9.84 Å². The number of aromatic nitrogens is 1. The predicted octanol–water partition coefficient (Wildman–Crippen LogP) is 3.55. The number of hydrogen-bond acceptors (Lipinski definition) is 7. The molecule has 0 atom stereocenters. The van der Waals surface area contributed by atoms with Crippen molar-refractivity contribution < 1.29 is 17.9 Å². The molecule has 3 aromatic rings. The molecule has 0 aliphatic rings. The third-order valence-corrected chi connectivity index (χ3v) is 5.60. The molecule has 10 heteroatoms. The Bertz CT molecular complexity index is 1110. The monoisotopic (exact) mass is 416 g/mol. The molecule has 2 aromatic carbocycles. The van der Waals surface area contributed by atoms with Crippen molar-refractivity contribution in [2.45, 2.75) is 31.3 Å². The minimum atomic E-state index is -3.84. The standard InChI is InChI=1S/C19H20N4O5S/c1-13(2)22-29(26,27)16-8-9-17(18(11-16)23(24)25)20-12-15-10-19(28-21-15)14-6-4-3-5-7-14/h3-11,13,20,22H,12H2,1-2H3. The summed E-state index contributed by atoms with van der Waals surface area (Å²) in [6.07, 6.45) is 0. The zero-order valence-corrected chi connectivity index (χ0v) is 16.6. The quantitative estimate of drug-likeness (QED) is 0.424. The molecule has 0 spiro atoms. The SMILES string of the molecule is CC(C)NS(=O)(=O)c1ccc(NCc2cc(-c3ccccc3)on2)c([N+](=O)[O-])c1. The van der Waals surface area contributed by atoms with Crippen molar-refractivity contribution in [2.24, 2.45) is 0 Å². The predicted molar refractivity (Wildman–Crippen MR) is 108 cm³/mol. The Balaban J connectivity index is 1.79. The van der Waals surface area contributed by atoms with Crippen LogP contribution in [0.25, 0.3) is 11.3 Å². The number of nitro groups is 1. The smallest absolute Gasteiger partial charge is 0.293 e. The van der Waals surface area contributed by atoms with Crippen LogP contribution in [0.3, 0.4) is 0 Å². The first-order valence-electron chi connectivity index (χ1n) is 8.82. The highest BCUT2D eigenvalue weighted by molar-refractivity contribution is 7.89. The van der Waals surface area contributed by atoms with Crippen LogP contribution in [-0.4, -0.2) is 24.5 Å².